The number of piperidine rings is 1. The monoisotopic (exact) mass is 248 g/mol. The maximum atomic E-state index is 11.0. The van der Waals surface area contributed by atoms with Gasteiger partial charge in [-0.25, -0.2) is 0 Å². The highest BCUT2D eigenvalue weighted by atomic mass is 16.4. The van der Waals surface area contributed by atoms with E-state index in [1.54, 1.807) is 0 Å². The molecule has 4 heteroatoms. The van der Waals surface area contributed by atoms with Crippen LogP contribution in [0.25, 0.3) is 0 Å². The molecule has 1 heterocycles. The van der Waals surface area contributed by atoms with E-state index in [0.29, 0.717) is 13.1 Å². The Hall–Kier alpha value is -1.39. The maximum absolute atomic E-state index is 11.0. The summed E-state index contributed by atoms with van der Waals surface area (Å²) in [7, 11) is 0. The number of rotatable bonds is 4. The lowest BCUT2D eigenvalue weighted by molar-refractivity contribution is -0.143. The van der Waals surface area contributed by atoms with Gasteiger partial charge in [-0.15, -0.1) is 0 Å². The lowest BCUT2D eigenvalue weighted by Gasteiger charge is -2.31. The number of benzene rings is 1. The Bertz CT molecular complexity index is 420. The predicted octanol–water partition coefficient (Wildman–Crippen LogP) is 1.44. The van der Waals surface area contributed by atoms with Gasteiger partial charge in [-0.2, -0.15) is 0 Å². The number of hydrogen-bond donors (Lipinski definition) is 2. The SMILES string of the molecule is NCc1ccccc1CN1CCCC(C(=O)O)C1. The summed E-state index contributed by atoms with van der Waals surface area (Å²) in [6.07, 6.45) is 1.76. The molecule has 1 saturated heterocycles. The van der Waals surface area contributed by atoms with Crippen LogP contribution in [0.15, 0.2) is 24.3 Å². The van der Waals surface area contributed by atoms with Crippen molar-refractivity contribution in [3.05, 3.63) is 35.4 Å². The molecule has 3 N–H and O–H groups in total. The predicted molar refractivity (Wildman–Crippen MR) is 70.0 cm³/mol. The summed E-state index contributed by atoms with van der Waals surface area (Å²) in [6.45, 7) is 2.96. The van der Waals surface area contributed by atoms with Crippen LogP contribution in [-0.2, 0) is 17.9 Å². The van der Waals surface area contributed by atoms with Gasteiger partial charge in [0, 0.05) is 19.6 Å². The largest absolute Gasteiger partial charge is 0.481 e. The van der Waals surface area contributed by atoms with Gasteiger partial charge in [0.15, 0.2) is 0 Å². The van der Waals surface area contributed by atoms with Gasteiger partial charge in [0.25, 0.3) is 0 Å². The standard InChI is InChI=1S/C14H20N2O2/c15-8-11-4-1-2-5-12(11)9-16-7-3-6-13(10-16)14(17)18/h1-2,4-5,13H,3,6-10,15H2,(H,17,18). The average molecular weight is 248 g/mol. The second kappa shape index (κ2) is 5.98. The Morgan fingerprint density at radius 3 is 2.78 bits per heavy atom. The molecule has 4 nitrogen and oxygen atoms in total. The Balaban J connectivity index is 2.02. The Kier molecular flexibility index (Phi) is 4.33. The molecule has 0 bridgehead atoms. The quantitative estimate of drug-likeness (QED) is 0.846. The fraction of sp³-hybridized carbons (Fsp3) is 0.500. The molecule has 1 aliphatic heterocycles. The molecule has 1 aromatic carbocycles. The number of nitrogens with zero attached hydrogens (tertiary/aromatic N) is 1. The molecule has 0 aromatic heterocycles. The molecule has 1 unspecified atom stereocenters. The first-order chi connectivity index (χ1) is 8.70. The van der Waals surface area contributed by atoms with Crippen molar-refractivity contribution >= 4 is 5.97 Å². The van der Waals surface area contributed by atoms with Gasteiger partial charge in [0.1, 0.15) is 0 Å². The van der Waals surface area contributed by atoms with Crippen molar-refractivity contribution in [2.45, 2.75) is 25.9 Å². The normalized spacial score (nSPS) is 20.8. The molecule has 0 amide bonds. The zero-order valence-corrected chi connectivity index (χ0v) is 10.5. The molecular weight excluding hydrogens is 228 g/mol. The molecule has 0 radical (unpaired) electrons. The molecular formula is C14H20N2O2. The molecule has 1 aliphatic rings. The number of carboxylic acids is 1. The second-order valence-electron chi connectivity index (χ2n) is 4.89. The molecule has 1 aromatic rings. The van der Waals surface area contributed by atoms with E-state index in [4.69, 9.17) is 10.8 Å². The number of nitrogens with two attached hydrogens (primary N) is 1. The summed E-state index contributed by atoms with van der Waals surface area (Å²) in [5.41, 5.74) is 8.08. The van der Waals surface area contributed by atoms with Crippen LogP contribution < -0.4 is 5.73 Å². The van der Waals surface area contributed by atoms with E-state index in [-0.39, 0.29) is 5.92 Å². The smallest absolute Gasteiger partial charge is 0.307 e. The van der Waals surface area contributed by atoms with E-state index < -0.39 is 5.97 Å². The molecule has 0 saturated carbocycles. The van der Waals surface area contributed by atoms with Crippen LogP contribution in [-0.4, -0.2) is 29.1 Å². The highest BCUT2D eigenvalue weighted by Gasteiger charge is 2.25. The number of hydrogen-bond acceptors (Lipinski definition) is 3. The molecule has 0 aliphatic carbocycles. The summed E-state index contributed by atoms with van der Waals surface area (Å²) in [5, 5.41) is 9.08. The molecule has 1 atom stereocenters. The molecule has 98 valence electrons. The van der Waals surface area contributed by atoms with E-state index in [9.17, 15) is 4.79 Å². The fourth-order valence-corrected chi connectivity index (χ4v) is 2.55. The van der Waals surface area contributed by atoms with Crippen molar-refractivity contribution in [1.82, 2.24) is 4.90 Å². The van der Waals surface area contributed by atoms with Crippen LogP contribution in [0.4, 0.5) is 0 Å². The van der Waals surface area contributed by atoms with E-state index in [1.807, 2.05) is 18.2 Å². The van der Waals surface area contributed by atoms with Crippen LogP contribution in [0.3, 0.4) is 0 Å². The third-order valence-corrected chi connectivity index (χ3v) is 3.59. The summed E-state index contributed by atoms with van der Waals surface area (Å²) in [6, 6.07) is 8.11. The Labute approximate surface area is 107 Å². The van der Waals surface area contributed by atoms with Gasteiger partial charge in [0.2, 0.25) is 0 Å². The third kappa shape index (κ3) is 3.09. The zero-order chi connectivity index (χ0) is 13.0. The first-order valence-electron chi connectivity index (χ1n) is 6.42. The molecule has 2 rings (SSSR count). The first kappa shape index (κ1) is 13.1. The summed E-state index contributed by atoms with van der Waals surface area (Å²) >= 11 is 0. The Morgan fingerprint density at radius 2 is 2.11 bits per heavy atom. The molecule has 1 fully saturated rings. The van der Waals surface area contributed by atoms with Gasteiger partial charge in [-0.3, -0.25) is 9.69 Å². The van der Waals surface area contributed by atoms with Gasteiger partial charge >= 0.3 is 5.97 Å². The highest BCUT2D eigenvalue weighted by Crippen LogP contribution is 2.20. The lowest BCUT2D eigenvalue weighted by atomic mass is 9.97. The fourth-order valence-electron chi connectivity index (χ4n) is 2.55. The van der Waals surface area contributed by atoms with Crippen molar-refractivity contribution in [3.63, 3.8) is 0 Å². The van der Waals surface area contributed by atoms with Gasteiger partial charge in [0.05, 0.1) is 5.92 Å². The number of likely N-dealkylation sites (tertiary alicyclic amines) is 1. The number of aliphatic carboxylic acids is 1. The van der Waals surface area contributed by atoms with Crippen molar-refractivity contribution < 1.29 is 9.90 Å². The van der Waals surface area contributed by atoms with Crippen molar-refractivity contribution in [3.8, 4) is 0 Å². The van der Waals surface area contributed by atoms with Crippen molar-refractivity contribution in [1.29, 1.82) is 0 Å². The topological polar surface area (TPSA) is 66.6 Å². The van der Waals surface area contributed by atoms with E-state index >= 15 is 0 Å². The van der Waals surface area contributed by atoms with Crippen LogP contribution in [0.1, 0.15) is 24.0 Å². The lowest BCUT2D eigenvalue weighted by Crippen LogP contribution is -2.38. The second-order valence-corrected chi connectivity index (χ2v) is 4.89. The van der Waals surface area contributed by atoms with Gasteiger partial charge < -0.3 is 10.8 Å². The van der Waals surface area contributed by atoms with Crippen LogP contribution in [0.2, 0.25) is 0 Å². The van der Waals surface area contributed by atoms with Gasteiger partial charge in [-0.05, 0) is 30.5 Å². The number of carboxylic acid groups (broad SMARTS) is 1. The molecule has 0 spiro atoms. The van der Waals surface area contributed by atoms with Crippen molar-refractivity contribution in [2.75, 3.05) is 13.1 Å². The average Bonchev–Trinajstić information content (AvgIpc) is 2.39. The van der Waals surface area contributed by atoms with E-state index in [1.165, 1.54) is 5.56 Å². The van der Waals surface area contributed by atoms with Crippen LogP contribution >= 0.6 is 0 Å². The van der Waals surface area contributed by atoms with Gasteiger partial charge in [-0.1, -0.05) is 24.3 Å². The summed E-state index contributed by atoms with van der Waals surface area (Å²) < 4.78 is 0. The minimum absolute atomic E-state index is 0.219. The van der Waals surface area contributed by atoms with E-state index in [0.717, 1.165) is 31.5 Å². The third-order valence-electron chi connectivity index (χ3n) is 3.59. The van der Waals surface area contributed by atoms with E-state index in [2.05, 4.69) is 11.0 Å². The minimum Gasteiger partial charge on any atom is -0.481 e. The van der Waals surface area contributed by atoms with Crippen LogP contribution in [0, 0.1) is 5.92 Å². The highest BCUT2D eigenvalue weighted by molar-refractivity contribution is 5.70. The summed E-state index contributed by atoms with van der Waals surface area (Å²) in [5.74, 6) is -0.893. The van der Waals surface area contributed by atoms with Crippen molar-refractivity contribution in [2.24, 2.45) is 11.7 Å². The number of carbonyl (C=O) groups is 1. The molecule has 18 heavy (non-hydrogen) atoms. The minimum atomic E-state index is -0.674. The summed E-state index contributed by atoms with van der Waals surface area (Å²) in [4.78, 5) is 13.2. The zero-order valence-electron chi connectivity index (χ0n) is 10.5. The van der Waals surface area contributed by atoms with Crippen LogP contribution in [0.5, 0.6) is 0 Å². The maximum Gasteiger partial charge on any atom is 0.307 e. The first-order valence-corrected chi connectivity index (χ1v) is 6.42. The Morgan fingerprint density at radius 1 is 1.39 bits per heavy atom.